The smallest absolute Gasteiger partial charge is 0.247 e. The van der Waals surface area contributed by atoms with Crippen LogP contribution >= 0.6 is 0 Å². The highest BCUT2D eigenvalue weighted by molar-refractivity contribution is 5.96. The Balaban J connectivity index is 2.82. The van der Waals surface area contributed by atoms with Crippen LogP contribution in [0.2, 0.25) is 0 Å². The van der Waals surface area contributed by atoms with Gasteiger partial charge in [-0.1, -0.05) is 27.7 Å². The Bertz CT molecular complexity index is 315. The van der Waals surface area contributed by atoms with Crippen molar-refractivity contribution < 1.29 is 14.7 Å². The molecule has 1 aliphatic heterocycles. The second-order valence-electron chi connectivity index (χ2n) is 5.79. The fourth-order valence-electron chi connectivity index (χ4n) is 2.31. The molecule has 18 heavy (non-hydrogen) atoms. The summed E-state index contributed by atoms with van der Waals surface area (Å²) in [5.74, 6) is 0.296. The first kappa shape index (κ1) is 15.0. The molecular formula is C13H24N2O3. The molecule has 1 aliphatic rings. The number of nitrogens with one attached hydrogen (secondary N) is 1. The normalized spacial score (nSPS) is 24.9. The molecule has 2 atom stereocenters. The van der Waals surface area contributed by atoms with E-state index in [2.05, 4.69) is 5.32 Å². The average molecular weight is 256 g/mol. The van der Waals surface area contributed by atoms with Gasteiger partial charge in [-0.2, -0.15) is 0 Å². The number of piperazine rings is 1. The zero-order valence-electron chi connectivity index (χ0n) is 11.6. The quantitative estimate of drug-likeness (QED) is 0.761. The molecule has 5 nitrogen and oxygen atoms in total. The van der Waals surface area contributed by atoms with Crippen molar-refractivity contribution >= 4 is 11.8 Å². The van der Waals surface area contributed by atoms with Crippen molar-refractivity contribution in [1.29, 1.82) is 0 Å². The number of carbonyl (C=O) groups excluding carboxylic acids is 2. The molecule has 0 aromatic carbocycles. The van der Waals surface area contributed by atoms with Crippen molar-refractivity contribution in [2.75, 3.05) is 6.73 Å². The predicted molar refractivity (Wildman–Crippen MR) is 68.6 cm³/mol. The minimum Gasteiger partial charge on any atom is -0.376 e. The van der Waals surface area contributed by atoms with Gasteiger partial charge in [0.15, 0.2) is 0 Å². The number of aliphatic hydroxyl groups excluding tert-OH is 1. The SMILES string of the molecule is CC(C)C[C@@H]1NC(=O)[C@H](CC(C)C)N(CO)C1=O. The van der Waals surface area contributed by atoms with Gasteiger partial charge in [-0.3, -0.25) is 9.59 Å². The zero-order chi connectivity index (χ0) is 13.9. The number of rotatable bonds is 5. The van der Waals surface area contributed by atoms with E-state index in [1.165, 1.54) is 4.90 Å². The van der Waals surface area contributed by atoms with Crippen LogP contribution in [0, 0.1) is 11.8 Å². The molecular weight excluding hydrogens is 232 g/mol. The van der Waals surface area contributed by atoms with Crippen LogP contribution in [-0.2, 0) is 9.59 Å². The third-order valence-corrected chi connectivity index (χ3v) is 3.13. The van der Waals surface area contributed by atoms with Crippen molar-refractivity contribution in [1.82, 2.24) is 10.2 Å². The summed E-state index contributed by atoms with van der Waals surface area (Å²) in [5.41, 5.74) is 0. The van der Waals surface area contributed by atoms with Gasteiger partial charge in [-0.15, -0.1) is 0 Å². The number of carbonyl (C=O) groups is 2. The summed E-state index contributed by atoms with van der Waals surface area (Å²) in [7, 11) is 0. The van der Waals surface area contributed by atoms with Crippen LogP contribution in [0.25, 0.3) is 0 Å². The van der Waals surface area contributed by atoms with Gasteiger partial charge in [0.2, 0.25) is 11.8 Å². The highest BCUT2D eigenvalue weighted by Gasteiger charge is 2.40. The van der Waals surface area contributed by atoms with Crippen molar-refractivity contribution in [2.24, 2.45) is 11.8 Å². The van der Waals surface area contributed by atoms with E-state index < -0.39 is 18.8 Å². The maximum Gasteiger partial charge on any atom is 0.247 e. The van der Waals surface area contributed by atoms with E-state index in [1.54, 1.807) is 0 Å². The van der Waals surface area contributed by atoms with Crippen molar-refractivity contribution in [3.05, 3.63) is 0 Å². The van der Waals surface area contributed by atoms with Gasteiger partial charge in [-0.05, 0) is 24.7 Å². The van der Waals surface area contributed by atoms with Gasteiger partial charge >= 0.3 is 0 Å². The molecule has 0 aliphatic carbocycles. The summed E-state index contributed by atoms with van der Waals surface area (Å²) in [5, 5.41) is 12.1. The first-order chi connectivity index (χ1) is 8.36. The summed E-state index contributed by atoms with van der Waals surface area (Å²) in [4.78, 5) is 25.5. The topological polar surface area (TPSA) is 69.6 Å². The summed E-state index contributed by atoms with van der Waals surface area (Å²) in [6.07, 6.45) is 1.18. The van der Waals surface area contributed by atoms with E-state index in [9.17, 15) is 14.7 Å². The maximum absolute atomic E-state index is 12.2. The first-order valence-corrected chi connectivity index (χ1v) is 6.58. The molecule has 2 N–H and O–H groups in total. The summed E-state index contributed by atoms with van der Waals surface area (Å²) >= 11 is 0. The zero-order valence-corrected chi connectivity index (χ0v) is 11.6. The van der Waals surface area contributed by atoms with Crippen LogP contribution in [0.4, 0.5) is 0 Å². The van der Waals surface area contributed by atoms with Crippen LogP contribution in [0.15, 0.2) is 0 Å². The second kappa shape index (κ2) is 6.18. The Morgan fingerprint density at radius 1 is 1.17 bits per heavy atom. The minimum absolute atomic E-state index is 0.150. The fraction of sp³-hybridized carbons (Fsp3) is 0.846. The van der Waals surface area contributed by atoms with Crippen molar-refractivity contribution in [3.63, 3.8) is 0 Å². The molecule has 0 spiro atoms. The molecule has 1 rings (SSSR count). The lowest BCUT2D eigenvalue weighted by atomic mass is 9.95. The van der Waals surface area contributed by atoms with E-state index in [1.807, 2.05) is 27.7 Å². The molecule has 1 saturated heterocycles. The molecule has 0 bridgehead atoms. The lowest BCUT2D eigenvalue weighted by molar-refractivity contribution is -0.154. The molecule has 0 aromatic rings. The van der Waals surface area contributed by atoms with Crippen LogP contribution in [0.3, 0.4) is 0 Å². The van der Waals surface area contributed by atoms with Crippen LogP contribution in [-0.4, -0.2) is 40.6 Å². The van der Waals surface area contributed by atoms with E-state index in [4.69, 9.17) is 0 Å². The number of nitrogens with zero attached hydrogens (tertiary/aromatic N) is 1. The Morgan fingerprint density at radius 2 is 1.72 bits per heavy atom. The lowest BCUT2D eigenvalue weighted by Crippen LogP contribution is -2.63. The van der Waals surface area contributed by atoms with E-state index in [0.29, 0.717) is 24.7 Å². The monoisotopic (exact) mass is 256 g/mol. The third-order valence-electron chi connectivity index (χ3n) is 3.13. The maximum atomic E-state index is 12.2. The Morgan fingerprint density at radius 3 is 2.17 bits per heavy atom. The first-order valence-electron chi connectivity index (χ1n) is 6.58. The molecule has 0 radical (unpaired) electrons. The van der Waals surface area contributed by atoms with E-state index in [0.717, 1.165) is 0 Å². The number of aliphatic hydroxyl groups is 1. The number of hydrogen-bond donors (Lipinski definition) is 2. The van der Waals surface area contributed by atoms with Gasteiger partial charge in [0.1, 0.15) is 18.8 Å². The standard InChI is InChI=1S/C13H24N2O3/c1-8(2)5-10-13(18)15(7-16)11(6-9(3)4)12(17)14-10/h8-11,16H,5-7H2,1-4H3,(H,14,17)/t10-,11-/m0/s1. The molecule has 104 valence electrons. The van der Waals surface area contributed by atoms with Crippen LogP contribution in [0.1, 0.15) is 40.5 Å². The summed E-state index contributed by atoms with van der Waals surface area (Å²) in [6, 6.07) is -1.03. The molecule has 0 saturated carbocycles. The Hall–Kier alpha value is -1.10. The molecule has 0 unspecified atom stereocenters. The van der Waals surface area contributed by atoms with Gasteiger partial charge in [0.05, 0.1) is 0 Å². The lowest BCUT2D eigenvalue weighted by Gasteiger charge is -2.38. The average Bonchev–Trinajstić information content (AvgIpc) is 2.24. The van der Waals surface area contributed by atoms with Gasteiger partial charge in [0, 0.05) is 0 Å². The van der Waals surface area contributed by atoms with Crippen LogP contribution in [0.5, 0.6) is 0 Å². The van der Waals surface area contributed by atoms with Crippen molar-refractivity contribution in [3.8, 4) is 0 Å². The Labute approximate surface area is 109 Å². The summed E-state index contributed by atoms with van der Waals surface area (Å²) < 4.78 is 0. The minimum atomic E-state index is -0.536. The molecule has 0 aromatic heterocycles. The van der Waals surface area contributed by atoms with E-state index in [-0.39, 0.29) is 11.8 Å². The fourth-order valence-corrected chi connectivity index (χ4v) is 2.31. The molecule has 2 amide bonds. The van der Waals surface area contributed by atoms with Gasteiger partial charge in [-0.25, -0.2) is 0 Å². The Kier molecular flexibility index (Phi) is 5.14. The highest BCUT2D eigenvalue weighted by Crippen LogP contribution is 2.19. The van der Waals surface area contributed by atoms with Crippen LogP contribution < -0.4 is 5.32 Å². The largest absolute Gasteiger partial charge is 0.376 e. The second-order valence-corrected chi connectivity index (χ2v) is 5.79. The van der Waals surface area contributed by atoms with E-state index >= 15 is 0 Å². The molecule has 5 heteroatoms. The number of hydrogen-bond acceptors (Lipinski definition) is 3. The summed E-state index contributed by atoms with van der Waals surface area (Å²) in [6.45, 7) is 7.60. The van der Waals surface area contributed by atoms with Gasteiger partial charge in [0.25, 0.3) is 0 Å². The third kappa shape index (κ3) is 3.45. The van der Waals surface area contributed by atoms with Crippen molar-refractivity contribution in [2.45, 2.75) is 52.6 Å². The van der Waals surface area contributed by atoms with Gasteiger partial charge < -0.3 is 15.3 Å². The predicted octanol–water partition coefficient (Wildman–Crippen LogP) is 0.724. The highest BCUT2D eigenvalue weighted by atomic mass is 16.3. The molecule has 1 heterocycles. The number of amides is 2. The molecule has 1 fully saturated rings.